The molecule has 0 aromatic heterocycles. The molecular weight excluding hydrogens is 160 g/mol. The Morgan fingerprint density at radius 1 is 1.50 bits per heavy atom. The molecule has 4 nitrogen and oxygen atoms in total. The molecule has 0 aromatic carbocycles. The molecule has 1 fully saturated rings. The first-order valence-electron chi connectivity index (χ1n) is 3.97. The van der Waals surface area contributed by atoms with E-state index in [1.807, 2.05) is 0 Å². The van der Waals surface area contributed by atoms with Crippen molar-refractivity contribution in [1.82, 2.24) is 0 Å². The lowest BCUT2D eigenvalue weighted by atomic mass is 9.75. The summed E-state index contributed by atoms with van der Waals surface area (Å²) in [6.07, 6.45) is 1.74. The summed E-state index contributed by atoms with van der Waals surface area (Å²) in [4.78, 5) is 10.7. The molecule has 0 radical (unpaired) electrons. The highest BCUT2D eigenvalue weighted by Crippen LogP contribution is 2.39. The fourth-order valence-electron chi connectivity index (χ4n) is 1.64. The van der Waals surface area contributed by atoms with Crippen molar-refractivity contribution in [3.63, 3.8) is 0 Å². The minimum Gasteiger partial charge on any atom is -0.479 e. The zero-order valence-corrected chi connectivity index (χ0v) is 7.37. The molecule has 1 unspecified atom stereocenters. The average molecular weight is 174 g/mol. The topological polar surface area (TPSA) is 55.8 Å². The summed E-state index contributed by atoms with van der Waals surface area (Å²) in [6, 6.07) is 0. The van der Waals surface area contributed by atoms with Crippen molar-refractivity contribution in [1.29, 1.82) is 0 Å². The predicted molar refractivity (Wildman–Crippen MR) is 42.0 cm³/mol. The molecule has 70 valence electrons. The van der Waals surface area contributed by atoms with Gasteiger partial charge in [-0.15, -0.1) is 0 Å². The number of carboxylic acid groups (broad SMARTS) is 1. The zero-order chi connectivity index (χ0) is 9.19. The van der Waals surface area contributed by atoms with Gasteiger partial charge in [0, 0.05) is 14.2 Å². The van der Waals surface area contributed by atoms with E-state index in [1.54, 1.807) is 0 Å². The number of rotatable bonds is 4. The van der Waals surface area contributed by atoms with E-state index in [-0.39, 0.29) is 0 Å². The van der Waals surface area contributed by atoms with E-state index in [2.05, 4.69) is 0 Å². The van der Waals surface area contributed by atoms with Crippen LogP contribution in [0.15, 0.2) is 0 Å². The molecule has 0 aliphatic heterocycles. The Labute approximate surface area is 71.5 Å². The third-order valence-corrected chi connectivity index (χ3v) is 2.54. The third kappa shape index (κ3) is 1.32. The monoisotopic (exact) mass is 174 g/mol. The fourth-order valence-corrected chi connectivity index (χ4v) is 1.64. The van der Waals surface area contributed by atoms with Crippen LogP contribution in [0.2, 0.25) is 0 Å². The van der Waals surface area contributed by atoms with E-state index in [9.17, 15) is 4.79 Å². The van der Waals surface area contributed by atoms with Crippen LogP contribution in [0.5, 0.6) is 0 Å². The van der Waals surface area contributed by atoms with Crippen LogP contribution in [0, 0.1) is 0 Å². The number of carboxylic acids is 1. The Kier molecular flexibility index (Phi) is 2.69. The molecule has 0 heterocycles. The van der Waals surface area contributed by atoms with Gasteiger partial charge in [0.2, 0.25) is 0 Å². The molecule has 0 saturated heterocycles. The standard InChI is InChI=1S/C8H14O4/c1-11-6(7(9)10)8(12-2)4-3-5-8/h6H,3-5H2,1-2H3,(H,9,10). The van der Waals surface area contributed by atoms with Crippen LogP contribution in [0.25, 0.3) is 0 Å². The molecule has 12 heavy (non-hydrogen) atoms. The molecule has 1 saturated carbocycles. The van der Waals surface area contributed by atoms with Crippen LogP contribution >= 0.6 is 0 Å². The van der Waals surface area contributed by atoms with Crippen LogP contribution in [0.4, 0.5) is 0 Å². The maximum Gasteiger partial charge on any atom is 0.335 e. The van der Waals surface area contributed by atoms with Gasteiger partial charge in [-0.2, -0.15) is 0 Å². The van der Waals surface area contributed by atoms with Crippen LogP contribution in [-0.2, 0) is 14.3 Å². The van der Waals surface area contributed by atoms with Crippen molar-refractivity contribution in [3.05, 3.63) is 0 Å². The van der Waals surface area contributed by atoms with E-state index in [4.69, 9.17) is 14.6 Å². The third-order valence-electron chi connectivity index (χ3n) is 2.54. The highest BCUT2D eigenvalue weighted by molar-refractivity contribution is 5.74. The average Bonchev–Trinajstić information content (AvgIpc) is 1.95. The SMILES string of the molecule is COC(C(=O)O)C1(OC)CCC1. The van der Waals surface area contributed by atoms with Gasteiger partial charge in [-0.25, -0.2) is 4.79 Å². The van der Waals surface area contributed by atoms with Gasteiger partial charge in [0.15, 0.2) is 6.10 Å². The second kappa shape index (κ2) is 3.41. The quantitative estimate of drug-likeness (QED) is 0.680. The van der Waals surface area contributed by atoms with Gasteiger partial charge in [0.25, 0.3) is 0 Å². The maximum absolute atomic E-state index is 10.7. The van der Waals surface area contributed by atoms with Crippen LogP contribution in [0.3, 0.4) is 0 Å². The van der Waals surface area contributed by atoms with E-state index in [1.165, 1.54) is 14.2 Å². The second-order valence-electron chi connectivity index (χ2n) is 3.08. The summed E-state index contributed by atoms with van der Waals surface area (Å²) in [5, 5.41) is 8.80. The highest BCUT2D eigenvalue weighted by Gasteiger charge is 2.48. The number of ether oxygens (including phenoxy) is 2. The molecule has 0 spiro atoms. The predicted octanol–water partition coefficient (Wildman–Crippen LogP) is 0.655. The minimum absolute atomic E-state index is 0.569. The van der Waals surface area contributed by atoms with Crippen molar-refractivity contribution in [2.75, 3.05) is 14.2 Å². The molecule has 0 amide bonds. The Morgan fingerprint density at radius 2 is 2.08 bits per heavy atom. The van der Waals surface area contributed by atoms with Crippen LogP contribution in [0.1, 0.15) is 19.3 Å². The molecule has 0 aromatic rings. The first-order chi connectivity index (χ1) is 5.66. The summed E-state index contributed by atoms with van der Waals surface area (Å²) in [6.45, 7) is 0. The Bertz CT molecular complexity index is 168. The Hall–Kier alpha value is -0.610. The minimum atomic E-state index is -0.945. The van der Waals surface area contributed by atoms with Gasteiger partial charge < -0.3 is 14.6 Å². The summed E-state index contributed by atoms with van der Waals surface area (Å²) in [5.41, 5.74) is -0.569. The zero-order valence-electron chi connectivity index (χ0n) is 7.37. The molecule has 1 atom stereocenters. The van der Waals surface area contributed by atoms with E-state index < -0.39 is 17.7 Å². The normalized spacial score (nSPS) is 22.8. The first kappa shape index (κ1) is 9.48. The molecule has 1 aliphatic carbocycles. The van der Waals surface area contributed by atoms with E-state index in [0.29, 0.717) is 0 Å². The Balaban J connectivity index is 2.68. The van der Waals surface area contributed by atoms with Gasteiger partial charge in [0.1, 0.15) is 5.60 Å². The van der Waals surface area contributed by atoms with Crippen molar-refractivity contribution in [2.45, 2.75) is 31.0 Å². The number of hydrogen-bond donors (Lipinski definition) is 1. The van der Waals surface area contributed by atoms with Crippen molar-refractivity contribution >= 4 is 5.97 Å². The second-order valence-corrected chi connectivity index (χ2v) is 3.08. The lowest BCUT2D eigenvalue weighted by molar-refractivity contribution is -0.188. The molecule has 4 heteroatoms. The fraction of sp³-hybridized carbons (Fsp3) is 0.875. The van der Waals surface area contributed by atoms with Gasteiger partial charge in [-0.05, 0) is 19.3 Å². The molecule has 1 aliphatic rings. The number of methoxy groups -OCH3 is 2. The summed E-state index contributed by atoms with van der Waals surface area (Å²) in [5.74, 6) is -0.945. The molecular formula is C8H14O4. The van der Waals surface area contributed by atoms with Crippen LogP contribution < -0.4 is 0 Å². The largest absolute Gasteiger partial charge is 0.479 e. The highest BCUT2D eigenvalue weighted by atomic mass is 16.6. The van der Waals surface area contributed by atoms with E-state index in [0.717, 1.165) is 19.3 Å². The number of aliphatic carboxylic acids is 1. The van der Waals surface area contributed by atoms with Gasteiger partial charge >= 0.3 is 5.97 Å². The lowest BCUT2D eigenvalue weighted by Crippen LogP contribution is -2.54. The lowest BCUT2D eigenvalue weighted by Gasteiger charge is -2.43. The summed E-state index contributed by atoms with van der Waals surface area (Å²) in [7, 11) is 2.94. The number of carbonyl (C=O) groups is 1. The molecule has 0 bridgehead atoms. The van der Waals surface area contributed by atoms with Gasteiger partial charge in [-0.1, -0.05) is 0 Å². The number of hydrogen-bond acceptors (Lipinski definition) is 3. The molecule has 1 N–H and O–H groups in total. The summed E-state index contributed by atoms with van der Waals surface area (Å²) < 4.78 is 10.1. The van der Waals surface area contributed by atoms with Gasteiger partial charge in [0.05, 0.1) is 0 Å². The maximum atomic E-state index is 10.7. The summed E-state index contributed by atoms with van der Waals surface area (Å²) >= 11 is 0. The Morgan fingerprint density at radius 3 is 2.17 bits per heavy atom. The van der Waals surface area contributed by atoms with Crippen molar-refractivity contribution in [3.8, 4) is 0 Å². The van der Waals surface area contributed by atoms with Crippen LogP contribution in [-0.4, -0.2) is 37.0 Å². The van der Waals surface area contributed by atoms with Gasteiger partial charge in [-0.3, -0.25) is 0 Å². The van der Waals surface area contributed by atoms with E-state index >= 15 is 0 Å². The first-order valence-corrected chi connectivity index (χ1v) is 3.97. The smallest absolute Gasteiger partial charge is 0.335 e. The van der Waals surface area contributed by atoms with Crippen molar-refractivity contribution in [2.24, 2.45) is 0 Å². The van der Waals surface area contributed by atoms with Crippen molar-refractivity contribution < 1.29 is 19.4 Å². The molecule has 1 rings (SSSR count).